The quantitative estimate of drug-likeness (QED) is 0.466. The topological polar surface area (TPSA) is 93.2 Å². The maximum Gasteiger partial charge on any atom is 0.310 e. The Kier molecular flexibility index (Phi) is 4.01. The summed E-state index contributed by atoms with van der Waals surface area (Å²) in [4.78, 5) is 21.0. The van der Waals surface area contributed by atoms with Gasteiger partial charge in [-0.25, -0.2) is 0 Å². The molecule has 0 aliphatic heterocycles. The van der Waals surface area contributed by atoms with Crippen molar-refractivity contribution in [3.63, 3.8) is 0 Å². The van der Waals surface area contributed by atoms with Gasteiger partial charge in [0.25, 0.3) is 5.69 Å². The molecule has 0 bridgehead atoms. The lowest BCUT2D eigenvalue weighted by molar-refractivity contribution is -0.384. The SMILES string of the molecule is COC(=O)Cc1cc(Cl)c([N+](=O)[O-])cc1C#N. The largest absolute Gasteiger partial charge is 0.469 e. The highest BCUT2D eigenvalue weighted by molar-refractivity contribution is 6.32. The number of carbonyl (C=O) groups is 1. The molecular weight excluding hydrogens is 248 g/mol. The first-order chi connectivity index (χ1) is 7.99. The third-order valence-electron chi connectivity index (χ3n) is 2.05. The second-order valence-electron chi connectivity index (χ2n) is 3.08. The smallest absolute Gasteiger partial charge is 0.310 e. The van der Waals surface area contributed by atoms with Gasteiger partial charge in [0.15, 0.2) is 0 Å². The number of ether oxygens (including phenoxy) is 1. The van der Waals surface area contributed by atoms with E-state index in [0.717, 1.165) is 6.07 Å². The number of nitriles is 1. The van der Waals surface area contributed by atoms with Crippen molar-refractivity contribution in [3.05, 3.63) is 38.4 Å². The Balaban J connectivity index is 3.25. The van der Waals surface area contributed by atoms with Crippen LogP contribution in [0.5, 0.6) is 0 Å². The standard InChI is InChI=1S/C10H7ClN2O4/c1-17-10(14)4-6-2-8(11)9(13(15)16)3-7(6)5-12/h2-3H,4H2,1H3. The number of halogens is 1. The van der Waals surface area contributed by atoms with Gasteiger partial charge in [-0.1, -0.05) is 11.6 Å². The summed E-state index contributed by atoms with van der Waals surface area (Å²) in [6, 6.07) is 4.05. The first kappa shape index (κ1) is 12.9. The highest BCUT2D eigenvalue weighted by Gasteiger charge is 2.18. The first-order valence-electron chi connectivity index (χ1n) is 4.43. The average molecular weight is 255 g/mol. The number of hydrogen-bond acceptors (Lipinski definition) is 5. The molecule has 0 atom stereocenters. The molecule has 7 heteroatoms. The molecule has 17 heavy (non-hydrogen) atoms. The van der Waals surface area contributed by atoms with Crippen LogP contribution < -0.4 is 0 Å². The van der Waals surface area contributed by atoms with Crippen LogP contribution in [0.15, 0.2) is 12.1 Å². The monoisotopic (exact) mass is 254 g/mol. The Morgan fingerprint density at radius 3 is 2.76 bits per heavy atom. The number of esters is 1. The van der Waals surface area contributed by atoms with E-state index in [1.54, 1.807) is 6.07 Å². The van der Waals surface area contributed by atoms with E-state index in [1.165, 1.54) is 13.2 Å². The van der Waals surface area contributed by atoms with E-state index in [0.29, 0.717) is 5.56 Å². The summed E-state index contributed by atoms with van der Waals surface area (Å²) in [7, 11) is 1.21. The molecule has 1 aromatic rings. The van der Waals surface area contributed by atoms with Gasteiger partial charge in [0.2, 0.25) is 0 Å². The zero-order chi connectivity index (χ0) is 13.0. The fraction of sp³-hybridized carbons (Fsp3) is 0.200. The number of rotatable bonds is 3. The molecule has 0 saturated heterocycles. The molecule has 0 saturated carbocycles. The number of benzene rings is 1. The molecular formula is C10H7ClN2O4. The summed E-state index contributed by atoms with van der Waals surface area (Å²) in [6.45, 7) is 0. The number of methoxy groups -OCH3 is 1. The highest BCUT2D eigenvalue weighted by Crippen LogP contribution is 2.28. The van der Waals surface area contributed by atoms with Crippen LogP contribution in [0.25, 0.3) is 0 Å². The van der Waals surface area contributed by atoms with Gasteiger partial charge in [-0.05, 0) is 11.6 Å². The molecule has 1 aromatic carbocycles. The first-order valence-corrected chi connectivity index (χ1v) is 4.81. The van der Waals surface area contributed by atoms with Gasteiger partial charge in [0.1, 0.15) is 5.02 Å². The van der Waals surface area contributed by atoms with Crippen LogP contribution in [0, 0.1) is 21.4 Å². The molecule has 0 aliphatic carbocycles. The summed E-state index contributed by atoms with van der Waals surface area (Å²) in [5, 5.41) is 19.3. The van der Waals surface area contributed by atoms with Crippen molar-refractivity contribution in [2.24, 2.45) is 0 Å². The molecule has 0 aromatic heterocycles. The molecule has 0 fully saturated rings. The summed E-state index contributed by atoms with van der Waals surface area (Å²) >= 11 is 5.68. The minimum atomic E-state index is -0.689. The van der Waals surface area contributed by atoms with Crippen LogP contribution in [0.4, 0.5) is 5.69 Å². The van der Waals surface area contributed by atoms with Gasteiger partial charge >= 0.3 is 5.97 Å². The van der Waals surface area contributed by atoms with E-state index in [1.807, 2.05) is 0 Å². The van der Waals surface area contributed by atoms with Gasteiger partial charge in [-0.15, -0.1) is 0 Å². The molecule has 0 amide bonds. The minimum absolute atomic E-state index is 0.0338. The molecule has 0 heterocycles. The zero-order valence-electron chi connectivity index (χ0n) is 8.77. The minimum Gasteiger partial charge on any atom is -0.469 e. The number of hydrogen-bond donors (Lipinski definition) is 0. The normalized spacial score (nSPS) is 9.47. The molecule has 0 aliphatic rings. The van der Waals surface area contributed by atoms with Gasteiger partial charge < -0.3 is 4.74 Å². The van der Waals surface area contributed by atoms with E-state index in [2.05, 4.69) is 4.74 Å². The predicted molar refractivity (Wildman–Crippen MR) is 58.5 cm³/mol. The zero-order valence-corrected chi connectivity index (χ0v) is 9.52. The van der Waals surface area contributed by atoms with E-state index in [9.17, 15) is 14.9 Å². The molecule has 0 radical (unpaired) electrons. The second kappa shape index (κ2) is 5.27. The molecule has 88 valence electrons. The van der Waals surface area contributed by atoms with E-state index >= 15 is 0 Å². The average Bonchev–Trinajstić information content (AvgIpc) is 2.28. The number of carbonyl (C=O) groups excluding carboxylic acids is 1. The molecule has 6 nitrogen and oxygen atoms in total. The Bertz CT molecular complexity index is 522. The van der Waals surface area contributed by atoms with Gasteiger partial charge in [0.05, 0.1) is 30.1 Å². The summed E-state index contributed by atoms with van der Waals surface area (Å²) < 4.78 is 4.45. The predicted octanol–water partition coefficient (Wildman–Crippen LogP) is 1.84. The number of nitro benzene ring substituents is 1. The van der Waals surface area contributed by atoms with Crippen LogP contribution >= 0.6 is 11.6 Å². The third-order valence-corrected chi connectivity index (χ3v) is 2.35. The molecule has 0 unspecified atom stereocenters. The number of nitro groups is 1. The van der Waals surface area contributed by atoms with Crippen molar-refractivity contribution < 1.29 is 14.5 Å². The summed E-state index contributed by atoms with van der Waals surface area (Å²) in [6.07, 6.45) is -0.156. The van der Waals surface area contributed by atoms with Crippen molar-refractivity contribution in [3.8, 4) is 6.07 Å². The lowest BCUT2D eigenvalue weighted by atomic mass is 10.0. The van der Waals surface area contributed by atoms with Crippen molar-refractivity contribution >= 4 is 23.3 Å². The maximum atomic E-state index is 11.1. The Morgan fingerprint density at radius 1 is 1.65 bits per heavy atom. The van der Waals surface area contributed by atoms with E-state index in [-0.39, 0.29) is 22.7 Å². The Labute approximate surface area is 102 Å². The summed E-state index contributed by atoms with van der Waals surface area (Å²) in [5.74, 6) is -0.550. The van der Waals surface area contributed by atoms with Gasteiger partial charge in [-0.2, -0.15) is 5.26 Å². The van der Waals surface area contributed by atoms with E-state index in [4.69, 9.17) is 16.9 Å². The molecule has 0 N–H and O–H groups in total. The van der Waals surface area contributed by atoms with Gasteiger partial charge in [0, 0.05) is 6.07 Å². The van der Waals surface area contributed by atoms with E-state index < -0.39 is 10.9 Å². The molecule has 0 spiro atoms. The highest BCUT2D eigenvalue weighted by atomic mass is 35.5. The molecule has 1 rings (SSSR count). The van der Waals surface area contributed by atoms with Crippen LogP contribution in [0.3, 0.4) is 0 Å². The Hall–Kier alpha value is -2.13. The van der Waals surface area contributed by atoms with Crippen molar-refractivity contribution in [2.45, 2.75) is 6.42 Å². The summed E-state index contributed by atoms with van der Waals surface area (Å²) in [5.41, 5.74) is -0.0294. The third kappa shape index (κ3) is 2.92. The van der Waals surface area contributed by atoms with Gasteiger partial charge in [-0.3, -0.25) is 14.9 Å². The van der Waals surface area contributed by atoms with Crippen molar-refractivity contribution in [1.29, 1.82) is 5.26 Å². The van der Waals surface area contributed by atoms with Crippen LogP contribution in [-0.2, 0) is 16.0 Å². The lowest BCUT2D eigenvalue weighted by Crippen LogP contribution is -2.06. The van der Waals surface area contributed by atoms with Crippen LogP contribution in [-0.4, -0.2) is 18.0 Å². The van der Waals surface area contributed by atoms with Crippen molar-refractivity contribution in [1.82, 2.24) is 0 Å². The fourth-order valence-corrected chi connectivity index (χ4v) is 1.48. The number of nitrogens with zero attached hydrogens (tertiary/aromatic N) is 2. The Morgan fingerprint density at radius 2 is 2.29 bits per heavy atom. The second-order valence-corrected chi connectivity index (χ2v) is 3.49. The van der Waals surface area contributed by atoms with Crippen LogP contribution in [0.2, 0.25) is 5.02 Å². The van der Waals surface area contributed by atoms with Crippen LogP contribution in [0.1, 0.15) is 11.1 Å². The lowest BCUT2D eigenvalue weighted by Gasteiger charge is -2.04. The van der Waals surface area contributed by atoms with Crippen molar-refractivity contribution in [2.75, 3.05) is 7.11 Å². The maximum absolute atomic E-state index is 11.1. The fourth-order valence-electron chi connectivity index (χ4n) is 1.22.